The summed E-state index contributed by atoms with van der Waals surface area (Å²) in [5.74, 6) is -2.82. The van der Waals surface area contributed by atoms with Crippen LogP contribution in [0.3, 0.4) is 0 Å². The topological polar surface area (TPSA) is 65.5 Å². The molecule has 8 heteroatoms. The summed E-state index contributed by atoms with van der Waals surface area (Å²) in [6, 6.07) is 4.68. The molecular weight excluding hydrogens is 328 g/mol. The van der Waals surface area contributed by atoms with Crippen LogP contribution in [0.2, 0.25) is 0 Å². The van der Waals surface area contributed by atoms with Crippen LogP contribution in [0.1, 0.15) is 5.76 Å². The molecule has 1 aromatic heterocycles. The molecule has 0 bridgehead atoms. The molecule has 0 N–H and O–H groups in total. The third kappa shape index (κ3) is 3.08. The van der Waals surface area contributed by atoms with Crippen molar-refractivity contribution >= 4 is 21.8 Å². The van der Waals surface area contributed by atoms with E-state index in [2.05, 4.69) is 15.9 Å². The maximum atomic E-state index is 13.4. The number of benzene rings is 1. The van der Waals surface area contributed by atoms with Gasteiger partial charge in [-0.2, -0.15) is 4.39 Å². The Balaban J connectivity index is 2.12. The molecule has 0 unspecified atom stereocenters. The van der Waals surface area contributed by atoms with E-state index >= 15 is 0 Å². The largest absolute Gasteiger partial charge is 0.482 e. The highest BCUT2D eigenvalue weighted by Gasteiger charge is 2.15. The Hall–Kier alpha value is -1.96. The first-order valence-corrected chi connectivity index (χ1v) is 5.77. The predicted octanol–water partition coefficient (Wildman–Crippen LogP) is 3.81. The van der Waals surface area contributed by atoms with Crippen LogP contribution in [-0.4, -0.2) is 4.92 Å². The maximum absolute atomic E-state index is 13.4. The Morgan fingerprint density at radius 3 is 2.74 bits per heavy atom. The molecule has 0 spiro atoms. The SMILES string of the molecule is O=[N+]([O-])c1ccc(COc2cc(Br)cc(F)c2F)o1. The van der Waals surface area contributed by atoms with Gasteiger partial charge >= 0.3 is 5.88 Å². The first kappa shape index (κ1) is 13.5. The molecule has 0 aliphatic rings. The molecule has 0 aliphatic heterocycles. The molecule has 0 atom stereocenters. The second-order valence-electron chi connectivity index (χ2n) is 3.49. The van der Waals surface area contributed by atoms with E-state index in [1.54, 1.807) is 0 Å². The number of nitrogens with zero attached hydrogens (tertiary/aromatic N) is 1. The molecule has 100 valence electrons. The van der Waals surface area contributed by atoms with E-state index in [1.807, 2.05) is 0 Å². The van der Waals surface area contributed by atoms with Gasteiger partial charge in [-0.3, -0.25) is 10.1 Å². The number of halogens is 3. The molecule has 0 amide bonds. The van der Waals surface area contributed by atoms with Gasteiger partial charge in [0.2, 0.25) is 5.82 Å². The van der Waals surface area contributed by atoms with E-state index in [0.717, 1.165) is 12.1 Å². The molecule has 2 aromatic rings. The first-order valence-electron chi connectivity index (χ1n) is 4.98. The second kappa shape index (κ2) is 5.35. The van der Waals surface area contributed by atoms with Crippen molar-refractivity contribution in [2.24, 2.45) is 0 Å². The average Bonchev–Trinajstić information content (AvgIpc) is 2.81. The van der Waals surface area contributed by atoms with Crippen LogP contribution in [-0.2, 0) is 6.61 Å². The summed E-state index contributed by atoms with van der Waals surface area (Å²) < 4.78 is 36.6. The number of hydrogen-bond donors (Lipinski definition) is 0. The van der Waals surface area contributed by atoms with E-state index < -0.39 is 22.4 Å². The van der Waals surface area contributed by atoms with Gasteiger partial charge in [0, 0.05) is 4.47 Å². The van der Waals surface area contributed by atoms with Crippen molar-refractivity contribution in [3.05, 3.63) is 56.2 Å². The number of ether oxygens (including phenoxy) is 1. The Morgan fingerprint density at radius 1 is 1.37 bits per heavy atom. The number of nitro groups is 1. The minimum Gasteiger partial charge on any atom is -0.482 e. The van der Waals surface area contributed by atoms with E-state index in [4.69, 9.17) is 9.15 Å². The lowest BCUT2D eigenvalue weighted by Crippen LogP contribution is -1.98. The van der Waals surface area contributed by atoms with E-state index in [9.17, 15) is 18.9 Å². The summed E-state index contributed by atoms with van der Waals surface area (Å²) in [6.07, 6.45) is 0. The van der Waals surface area contributed by atoms with Crippen LogP contribution in [0, 0.1) is 21.7 Å². The smallest absolute Gasteiger partial charge is 0.433 e. The number of furan rings is 1. The fourth-order valence-corrected chi connectivity index (χ4v) is 1.74. The van der Waals surface area contributed by atoms with Gasteiger partial charge in [0.15, 0.2) is 11.6 Å². The van der Waals surface area contributed by atoms with Gasteiger partial charge < -0.3 is 9.15 Å². The van der Waals surface area contributed by atoms with Crippen LogP contribution in [0.25, 0.3) is 0 Å². The van der Waals surface area contributed by atoms with Crippen LogP contribution >= 0.6 is 15.9 Å². The fourth-order valence-electron chi connectivity index (χ4n) is 1.33. The average molecular weight is 334 g/mol. The quantitative estimate of drug-likeness (QED) is 0.484. The summed E-state index contributed by atoms with van der Waals surface area (Å²) >= 11 is 3.00. The fraction of sp³-hybridized carbons (Fsp3) is 0.0909. The van der Waals surface area contributed by atoms with Crippen molar-refractivity contribution in [3.63, 3.8) is 0 Å². The molecular formula is C11H6BrF2NO4. The molecule has 2 rings (SSSR count). The lowest BCUT2D eigenvalue weighted by molar-refractivity contribution is -0.402. The molecule has 0 saturated carbocycles. The van der Waals surface area contributed by atoms with Gasteiger partial charge in [-0.15, -0.1) is 0 Å². The van der Waals surface area contributed by atoms with Crippen LogP contribution < -0.4 is 4.74 Å². The third-order valence-electron chi connectivity index (χ3n) is 2.16. The van der Waals surface area contributed by atoms with Crippen molar-refractivity contribution in [1.82, 2.24) is 0 Å². The van der Waals surface area contributed by atoms with Crippen molar-refractivity contribution in [1.29, 1.82) is 0 Å². The van der Waals surface area contributed by atoms with Gasteiger partial charge in [0.05, 0.1) is 6.07 Å². The molecule has 0 fully saturated rings. The van der Waals surface area contributed by atoms with Gasteiger partial charge in [-0.05, 0) is 18.2 Å². The zero-order valence-electron chi connectivity index (χ0n) is 9.23. The molecule has 5 nitrogen and oxygen atoms in total. The molecule has 1 heterocycles. The molecule has 0 radical (unpaired) electrons. The first-order chi connectivity index (χ1) is 8.97. The summed E-state index contributed by atoms with van der Waals surface area (Å²) in [6.45, 7) is -0.249. The van der Waals surface area contributed by atoms with Crippen molar-refractivity contribution in [2.75, 3.05) is 0 Å². The highest BCUT2D eigenvalue weighted by atomic mass is 79.9. The van der Waals surface area contributed by atoms with E-state index in [1.165, 1.54) is 12.1 Å². The zero-order valence-corrected chi connectivity index (χ0v) is 10.8. The van der Waals surface area contributed by atoms with E-state index in [-0.39, 0.29) is 18.1 Å². The Morgan fingerprint density at radius 2 is 2.11 bits per heavy atom. The summed E-state index contributed by atoms with van der Waals surface area (Å²) in [5.41, 5.74) is 0. The predicted molar refractivity (Wildman–Crippen MR) is 63.8 cm³/mol. The Labute approximate surface area is 114 Å². The van der Waals surface area contributed by atoms with Crippen molar-refractivity contribution in [3.8, 4) is 5.75 Å². The van der Waals surface area contributed by atoms with Crippen LogP contribution in [0.15, 0.2) is 33.2 Å². The maximum Gasteiger partial charge on any atom is 0.433 e. The molecule has 0 aliphatic carbocycles. The van der Waals surface area contributed by atoms with Gasteiger partial charge in [0.1, 0.15) is 17.3 Å². The number of hydrogen-bond acceptors (Lipinski definition) is 4. The summed E-state index contributed by atoms with van der Waals surface area (Å²) in [5, 5.41) is 10.4. The van der Waals surface area contributed by atoms with Crippen molar-refractivity contribution < 1.29 is 22.9 Å². The molecule has 1 aromatic carbocycles. The van der Waals surface area contributed by atoms with Gasteiger partial charge in [-0.25, -0.2) is 4.39 Å². The van der Waals surface area contributed by atoms with E-state index in [0.29, 0.717) is 4.47 Å². The normalized spacial score (nSPS) is 10.5. The summed E-state index contributed by atoms with van der Waals surface area (Å²) in [4.78, 5) is 9.68. The van der Waals surface area contributed by atoms with Crippen LogP contribution in [0.4, 0.5) is 14.7 Å². The molecule has 19 heavy (non-hydrogen) atoms. The molecule has 0 saturated heterocycles. The second-order valence-corrected chi connectivity index (χ2v) is 4.40. The van der Waals surface area contributed by atoms with Crippen molar-refractivity contribution in [2.45, 2.75) is 6.61 Å². The Kier molecular flexibility index (Phi) is 3.79. The minimum absolute atomic E-state index is 0.131. The van der Waals surface area contributed by atoms with Gasteiger partial charge in [0.25, 0.3) is 0 Å². The monoisotopic (exact) mass is 333 g/mol. The lowest BCUT2D eigenvalue weighted by atomic mass is 10.3. The lowest BCUT2D eigenvalue weighted by Gasteiger charge is -2.06. The standard InChI is InChI=1S/C11H6BrF2NO4/c12-6-3-8(13)11(14)9(4-6)18-5-7-1-2-10(19-7)15(16)17/h1-4H,5H2. The highest BCUT2D eigenvalue weighted by Crippen LogP contribution is 2.26. The summed E-state index contributed by atoms with van der Waals surface area (Å²) in [7, 11) is 0. The third-order valence-corrected chi connectivity index (χ3v) is 2.61. The highest BCUT2D eigenvalue weighted by molar-refractivity contribution is 9.10. The number of rotatable bonds is 4. The zero-order chi connectivity index (χ0) is 14.0. The van der Waals surface area contributed by atoms with Gasteiger partial charge in [-0.1, -0.05) is 15.9 Å². The van der Waals surface area contributed by atoms with Crippen LogP contribution in [0.5, 0.6) is 5.75 Å². The minimum atomic E-state index is -1.13. The Bertz CT molecular complexity index is 629.